The molecule has 2 nitrogen and oxygen atoms in total. The molecule has 3 aliphatic heterocycles. The summed E-state index contributed by atoms with van der Waals surface area (Å²) < 4.78 is 0. The van der Waals surface area contributed by atoms with Crippen molar-refractivity contribution >= 4 is 16.5 Å². The van der Waals surface area contributed by atoms with Crippen molar-refractivity contribution in [3.05, 3.63) is 41.6 Å². The fraction of sp³-hybridized carbons (Fsp3) is 0.545. The van der Waals surface area contributed by atoms with Crippen molar-refractivity contribution < 1.29 is 0 Å². The van der Waals surface area contributed by atoms with Gasteiger partial charge in [-0.1, -0.05) is 19.6 Å². The van der Waals surface area contributed by atoms with E-state index in [0.29, 0.717) is 5.41 Å². The van der Waals surface area contributed by atoms with Gasteiger partial charge in [0, 0.05) is 22.7 Å². The summed E-state index contributed by atoms with van der Waals surface area (Å²) in [5, 5.41) is 1.40. The molecular formula is C22H30N2. The number of aryl methyl sites for hydroxylation is 2. The average Bonchev–Trinajstić information content (AvgIpc) is 3.07. The highest BCUT2D eigenvalue weighted by atomic mass is 15.1. The fourth-order valence-corrected chi connectivity index (χ4v) is 4.93. The smallest absolute Gasteiger partial charge is 0.0463 e. The predicted molar refractivity (Wildman–Crippen MR) is 103 cm³/mol. The number of H-pyrrole nitrogens is 1. The van der Waals surface area contributed by atoms with Gasteiger partial charge in [-0.15, -0.1) is 0 Å². The summed E-state index contributed by atoms with van der Waals surface area (Å²) >= 11 is 0. The number of allylic oxidation sites excluding steroid dienone is 1. The number of hydrogen-bond acceptors (Lipinski definition) is 1. The Balaban J connectivity index is 1.55. The molecule has 0 unspecified atom stereocenters. The van der Waals surface area contributed by atoms with Crippen LogP contribution in [0.1, 0.15) is 55.7 Å². The average molecular weight is 322 g/mol. The molecule has 2 aromatic rings. The Morgan fingerprint density at radius 1 is 1.21 bits per heavy atom. The first kappa shape index (κ1) is 16.0. The summed E-state index contributed by atoms with van der Waals surface area (Å²) in [6.45, 7) is 12.9. The lowest BCUT2D eigenvalue weighted by atomic mass is 9.68. The molecule has 1 aromatic carbocycles. The summed E-state index contributed by atoms with van der Waals surface area (Å²) in [6, 6.07) is 4.49. The lowest BCUT2D eigenvalue weighted by Crippen LogP contribution is -2.48. The highest BCUT2D eigenvalue weighted by molar-refractivity contribution is 5.95. The summed E-state index contributed by atoms with van der Waals surface area (Å²) in [6.07, 6.45) is 9.92. The van der Waals surface area contributed by atoms with Gasteiger partial charge in [-0.25, -0.2) is 0 Å². The van der Waals surface area contributed by atoms with Crippen LogP contribution in [-0.4, -0.2) is 29.5 Å². The Labute approximate surface area is 145 Å². The lowest BCUT2D eigenvalue weighted by molar-refractivity contribution is 0.0211. The van der Waals surface area contributed by atoms with Crippen LogP contribution in [-0.2, 0) is 6.42 Å². The maximum absolute atomic E-state index is 4.48. The van der Waals surface area contributed by atoms with Crippen molar-refractivity contribution in [3.8, 4) is 0 Å². The molecule has 0 aliphatic carbocycles. The van der Waals surface area contributed by atoms with Gasteiger partial charge in [0.15, 0.2) is 0 Å². The largest absolute Gasteiger partial charge is 0.361 e. The maximum Gasteiger partial charge on any atom is 0.0463 e. The van der Waals surface area contributed by atoms with Crippen molar-refractivity contribution in [3.63, 3.8) is 0 Å². The molecule has 3 aliphatic rings. The minimum absolute atomic E-state index is 0.605. The molecule has 4 heterocycles. The van der Waals surface area contributed by atoms with Crippen LogP contribution >= 0.6 is 0 Å². The minimum Gasteiger partial charge on any atom is -0.361 e. The first-order valence-corrected chi connectivity index (χ1v) is 9.62. The second-order valence-corrected chi connectivity index (χ2v) is 8.02. The number of aromatic amines is 1. The van der Waals surface area contributed by atoms with Gasteiger partial charge in [0.1, 0.15) is 0 Å². The Bertz CT molecular complexity index is 746. The Hall–Kier alpha value is -1.54. The zero-order valence-corrected chi connectivity index (χ0v) is 15.3. The van der Waals surface area contributed by atoms with E-state index in [2.05, 4.69) is 48.6 Å². The van der Waals surface area contributed by atoms with E-state index in [0.717, 1.165) is 12.8 Å². The van der Waals surface area contributed by atoms with E-state index in [4.69, 9.17) is 0 Å². The molecule has 3 saturated heterocycles. The monoisotopic (exact) mass is 322 g/mol. The molecule has 0 radical (unpaired) electrons. The Morgan fingerprint density at radius 2 is 1.92 bits per heavy atom. The van der Waals surface area contributed by atoms with E-state index in [-0.39, 0.29) is 0 Å². The van der Waals surface area contributed by atoms with Crippen molar-refractivity contribution in [1.29, 1.82) is 0 Å². The molecule has 2 heteroatoms. The SMILES string of the molecule is C=C(CCC12CCN(CC1)CC2)c1c[nH]c2ccc(CC)c(C)c12. The van der Waals surface area contributed by atoms with Gasteiger partial charge in [0.25, 0.3) is 0 Å². The molecule has 24 heavy (non-hydrogen) atoms. The van der Waals surface area contributed by atoms with E-state index in [1.807, 2.05) is 0 Å². The van der Waals surface area contributed by atoms with Gasteiger partial charge in [0.2, 0.25) is 0 Å². The second kappa shape index (κ2) is 6.07. The van der Waals surface area contributed by atoms with Crippen LogP contribution in [0.4, 0.5) is 0 Å². The minimum atomic E-state index is 0.605. The number of nitrogens with one attached hydrogen (secondary N) is 1. The summed E-state index contributed by atoms with van der Waals surface area (Å²) in [5.74, 6) is 0. The van der Waals surface area contributed by atoms with Crippen LogP contribution in [0.25, 0.3) is 16.5 Å². The van der Waals surface area contributed by atoms with Crippen LogP contribution in [0.15, 0.2) is 24.9 Å². The topological polar surface area (TPSA) is 19.0 Å². The molecule has 0 amide bonds. The van der Waals surface area contributed by atoms with Crippen LogP contribution in [0.3, 0.4) is 0 Å². The molecular weight excluding hydrogens is 292 g/mol. The van der Waals surface area contributed by atoms with Crippen LogP contribution in [0.5, 0.6) is 0 Å². The lowest BCUT2D eigenvalue weighted by Gasteiger charge is -2.48. The first-order chi connectivity index (χ1) is 11.6. The standard InChI is InChI=1S/C22H30N2/c1-4-18-5-6-20-21(17(18)3)19(15-23-20)16(2)7-8-22-9-12-24(13-10-22)14-11-22/h5-6,15,23H,2,4,7-14H2,1,3H3. The second-order valence-electron chi connectivity index (χ2n) is 8.02. The van der Waals surface area contributed by atoms with Gasteiger partial charge in [-0.05, 0) is 93.3 Å². The predicted octanol–water partition coefficient (Wildman–Crippen LogP) is 5.32. The van der Waals surface area contributed by atoms with Crippen LogP contribution in [0, 0.1) is 12.3 Å². The van der Waals surface area contributed by atoms with Crippen molar-refractivity contribution in [2.24, 2.45) is 5.41 Å². The summed E-state index contributed by atoms with van der Waals surface area (Å²) in [5.41, 5.74) is 7.41. The Morgan fingerprint density at radius 3 is 2.58 bits per heavy atom. The zero-order valence-electron chi connectivity index (χ0n) is 15.3. The molecule has 2 bridgehead atoms. The molecule has 5 rings (SSSR count). The molecule has 1 aromatic heterocycles. The van der Waals surface area contributed by atoms with Gasteiger partial charge >= 0.3 is 0 Å². The maximum atomic E-state index is 4.48. The molecule has 0 spiro atoms. The van der Waals surface area contributed by atoms with Crippen molar-refractivity contribution in [2.75, 3.05) is 19.6 Å². The van der Waals surface area contributed by atoms with E-state index in [1.165, 1.54) is 78.5 Å². The van der Waals surface area contributed by atoms with E-state index in [1.54, 1.807) is 0 Å². The van der Waals surface area contributed by atoms with Crippen molar-refractivity contribution in [1.82, 2.24) is 9.88 Å². The number of benzene rings is 1. The molecule has 0 atom stereocenters. The highest BCUT2D eigenvalue weighted by Gasteiger charge is 2.38. The number of fused-ring (bicyclic) bond motifs is 4. The van der Waals surface area contributed by atoms with Crippen LogP contribution < -0.4 is 0 Å². The summed E-state index contributed by atoms with van der Waals surface area (Å²) in [7, 11) is 0. The third kappa shape index (κ3) is 2.61. The number of rotatable bonds is 5. The van der Waals surface area contributed by atoms with Crippen LogP contribution in [0.2, 0.25) is 0 Å². The normalized spacial score (nSPS) is 26.2. The number of nitrogens with zero attached hydrogens (tertiary/aromatic N) is 1. The molecule has 3 fully saturated rings. The molecule has 0 saturated carbocycles. The number of piperidine rings is 3. The molecule has 128 valence electrons. The van der Waals surface area contributed by atoms with E-state index in [9.17, 15) is 0 Å². The number of aromatic nitrogens is 1. The van der Waals surface area contributed by atoms with Crippen molar-refractivity contribution in [2.45, 2.75) is 52.4 Å². The highest BCUT2D eigenvalue weighted by Crippen LogP contribution is 2.45. The Kier molecular flexibility index (Phi) is 4.04. The third-order valence-electron chi connectivity index (χ3n) is 6.81. The van der Waals surface area contributed by atoms with Gasteiger partial charge in [-0.3, -0.25) is 0 Å². The summed E-state index contributed by atoms with van der Waals surface area (Å²) in [4.78, 5) is 6.09. The fourth-order valence-electron chi connectivity index (χ4n) is 4.93. The van der Waals surface area contributed by atoms with E-state index >= 15 is 0 Å². The zero-order chi connectivity index (χ0) is 16.7. The molecule has 1 N–H and O–H groups in total. The first-order valence-electron chi connectivity index (χ1n) is 9.62. The third-order valence-corrected chi connectivity index (χ3v) is 6.81. The van der Waals surface area contributed by atoms with Gasteiger partial charge < -0.3 is 9.88 Å². The quantitative estimate of drug-likeness (QED) is 0.789. The van der Waals surface area contributed by atoms with Gasteiger partial charge in [-0.2, -0.15) is 0 Å². The number of hydrogen-bond donors (Lipinski definition) is 1. The van der Waals surface area contributed by atoms with Gasteiger partial charge in [0.05, 0.1) is 0 Å². The van der Waals surface area contributed by atoms with E-state index < -0.39 is 0 Å².